The fraction of sp³-hybridized carbons (Fsp3) is 0.500. The number of fused-ring (bicyclic) bond motifs is 1. The average Bonchev–Trinajstić information content (AvgIpc) is 2.49. The fourth-order valence-corrected chi connectivity index (χ4v) is 3.80. The van der Waals surface area contributed by atoms with Gasteiger partial charge in [-0.2, -0.15) is 0 Å². The number of piperidine rings is 1. The van der Waals surface area contributed by atoms with Gasteiger partial charge >= 0.3 is 0 Å². The highest BCUT2D eigenvalue weighted by Crippen LogP contribution is 2.44. The average molecular weight is 364 g/mol. The molecule has 118 valence electrons. The minimum absolute atomic E-state index is 0.180. The molecular formula is C18H22BrNO2. The largest absolute Gasteiger partial charge is 0.486 e. The van der Waals surface area contributed by atoms with E-state index in [1.54, 1.807) is 0 Å². The molecule has 2 heterocycles. The second-order valence-electron chi connectivity index (χ2n) is 6.34. The van der Waals surface area contributed by atoms with Crippen molar-refractivity contribution in [2.24, 2.45) is 0 Å². The molecular weight excluding hydrogens is 342 g/mol. The van der Waals surface area contributed by atoms with Gasteiger partial charge in [0.15, 0.2) is 0 Å². The summed E-state index contributed by atoms with van der Waals surface area (Å²) < 4.78 is 7.40. The van der Waals surface area contributed by atoms with Crippen molar-refractivity contribution >= 4 is 27.4 Å². The van der Waals surface area contributed by atoms with Gasteiger partial charge < -0.3 is 9.64 Å². The summed E-state index contributed by atoms with van der Waals surface area (Å²) in [5.41, 5.74) is 2.06. The van der Waals surface area contributed by atoms with Crippen LogP contribution in [0.25, 0.3) is 5.57 Å². The number of rotatable bonds is 2. The Morgan fingerprint density at radius 3 is 2.82 bits per heavy atom. The van der Waals surface area contributed by atoms with Crippen LogP contribution in [0.1, 0.15) is 44.6 Å². The topological polar surface area (TPSA) is 29.5 Å². The van der Waals surface area contributed by atoms with Crippen molar-refractivity contribution in [1.82, 2.24) is 4.90 Å². The third kappa shape index (κ3) is 2.94. The Bertz CT molecular complexity index is 603. The van der Waals surface area contributed by atoms with Crippen LogP contribution in [0.2, 0.25) is 0 Å². The number of hydrogen-bond acceptors (Lipinski definition) is 2. The summed E-state index contributed by atoms with van der Waals surface area (Å²) in [6, 6.07) is 6.09. The first-order valence-corrected chi connectivity index (χ1v) is 8.77. The first kappa shape index (κ1) is 15.6. The molecule has 0 saturated carbocycles. The third-order valence-corrected chi connectivity index (χ3v) is 5.17. The Kier molecular flexibility index (Phi) is 4.31. The molecule has 1 aromatic carbocycles. The number of likely N-dealkylation sites (tertiary alicyclic amines) is 1. The normalized spacial score (nSPS) is 19.7. The molecule has 0 radical (unpaired) electrons. The molecule has 0 bridgehead atoms. The summed E-state index contributed by atoms with van der Waals surface area (Å²) in [7, 11) is 0. The number of hydrogen-bond donors (Lipinski definition) is 0. The number of ether oxygens (including phenoxy) is 1. The molecule has 0 aromatic heterocycles. The molecule has 0 N–H and O–H groups in total. The monoisotopic (exact) mass is 363 g/mol. The van der Waals surface area contributed by atoms with Gasteiger partial charge in [0.2, 0.25) is 5.91 Å². The van der Waals surface area contributed by atoms with E-state index in [0.717, 1.165) is 60.1 Å². The van der Waals surface area contributed by atoms with Crippen molar-refractivity contribution < 1.29 is 9.53 Å². The number of benzene rings is 1. The van der Waals surface area contributed by atoms with E-state index in [2.05, 4.69) is 28.6 Å². The number of amides is 1. The molecule has 0 aliphatic carbocycles. The molecule has 1 aromatic rings. The van der Waals surface area contributed by atoms with Crippen LogP contribution in [0.3, 0.4) is 0 Å². The smallest absolute Gasteiger partial charge is 0.222 e. The molecule has 0 unspecified atom stereocenters. The number of carbonyl (C=O) groups is 1. The molecule has 1 fully saturated rings. The van der Waals surface area contributed by atoms with Crippen molar-refractivity contribution in [2.45, 2.75) is 44.6 Å². The van der Waals surface area contributed by atoms with E-state index in [0.29, 0.717) is 6.42 Å². The van der Waals surface area contributed by atoms with Gasteiger partial charge in [0, 0.05) is 48.8 Å². The molecule has 22 heavy (non-hydrogen) atoms. The predicted molar refractivity (Wildman–Crippen MR) is 91.9 cm³/mol. The van der Waals surface area contributed by atoms with Gasteiger partial charge in [-0.1, -0.05) is 29.4 Å². The van der Waals surface area contributed by atoms with E-state index in [4.69, 9.17) is 4.74 Å². The Morgan fingerprint density at radius 1 is 1.41 bits per heavy atom. The van der Waals surface area contributed by atoms with Crippen LogP contribution in [0.4, 0.5) is 0 Å². The highest BCUT2D eigenvalue weighted by atomic mass is 79.9. The second-order valence-corrected chi connectivity index (χ2v) is 7.25. The third-order valence-electron chi connectivity index (χ3n) is 4.68. The summed E-state index contributed by atoms with van der Waals surface area (Å²) in [5, 5.41) is 0. The van der Waals surface area contributed by atoms with Crippen LogP contribution in [0, 0.1) is 0 Å². The summed E-state index contributed by atoms with van der Waals surface area (Å²) >= 11 is 3.50. The lowest BCUT2D eigenvalue weighted by molar-refractivity contribution is -0.134. The molecule has 3 rings (SSSR count). The Hall–Kier alpha value is -1.29. The molecule has 3 nitrogen and oxygen atoms in total. The Balaban J connectivity index is 1.73. The van der Waals surface area contributed by atoms with E-state index < -0.39 is 0 Å². The second kappa shape index (κ2) is 6.07. The van der Waals surface area contributed by atoms with E-state index >= 15 is 0 Å². The summed E-state index contributed by atoms with van der Waals surface area (Å²) in [4.78, 5) is 14.0. The van der Waals surface area contributed by atoms with E-state index in [9.17, 15) is 4.79 Å². The zero-order valence-electron chi connectivity index (χ0n) is 13.0. The lowest BCUT2D eigenvalue weighted by Crippen LogP contribution is -2.50. The van der Waals surface area contributed by atoms with Crippen molar-refractivity contribution in [3.05, 3.63) is 34.8 Å². The number of halogens is 1. The first-order valence-electron chi connectivity index (χ1n) is 7.97. The van der Waals surface area contributed by atoms with Gasteiger partial charge in [0.1, 0.15) is 11.4 Å². The molecule has 0 atom stereocenters. The fourth-order valence-electron chi connectivity index (χ4n) is 3.44. The molecule has 1 spiro atoms. The Morgan fingerprint density at radius 2 is 2.14 bits per heavy atom. The molecule has 4 heteroatoms. The quantitative estimate of drug-likeness (QED) is 0.778. The maximum absolute atomic E-state index is 12.0. The van der Waals surface area contributed by atoms with Crippen molar-refractivity contribution in [1.29, 1.82) is 0 Å². The van der Waals surface area contributed by atoms with Crippen LogP contribution >= 0.6 is 15.9 Å². The van der Waals surface area contributed by atoms with E-state index in [1.165, 1.54) is 0 Å². The summed E-state index contributed by atoms with van der Waals surface area (Å²) in [6.07, 6.45) is 4.19. The number of carbonyl (C=O) groups excluding carboxylic acids is 1. The SMILES string of the molecule is C=C1CC2(CCN(C(=O)CCC)CC2)Oc2ccc(Br)cc21. The predicted octanol–water partition coefficient (Wildman–Crippen LogP) is 4.41. The van der Waals surface area contributed by atoms with Gasteiger partial charge in [-0.15, -0.1) is 0 Å². The lowest BCUT2D eigenvalue weighted by atomic mass is 9.81. The maximum Gasteiger partial charge on any atom is 0.222 e. The lowest BCUT2D eigenvalue weighted by Gasteiger charge is -2.45. The van der Waals surface area contributed by atoms with Gasteiger partial charge in [-0.3, -0.25) is 4.79 Å². The molecule has 2 aliphatic heterocycles. The standard InChI is InChI=1S/C18H22BrNO2/c1-3-4-17(21)20-9-7-18(8-10-20)12-13(2)15-11-14(19)5-6-16(15)22-18/h5-6,11H,2-4,7-10,12H2,1H3. The van der Waals surface area contributed by atoms with Crippen molar-refractivity contribution in [2.75, 3.05) is 13.1 Å². The highest BCUT2D eigenvalue weighted by Gasteiger charge is 2.41. The summed E-state index contributed by atoms with van der Waals surface area (Å²) in [5.74, 6) is 1.20. The molecule has 1 saturated heterocycles. The van der Waals surface area contributed by atoms with Gasteiger partial charge in [-0.05, 0) is 30.2 Å². The number of nitrogens with zero attached hydrogens (tertiary/aromatic N) is 1. The van der Waals surface area contributed by atoms with Gasteiger partial charge in [-0.25, -0.2) is 0 Å². The minimum atomic E-state index is -0.180. The van der Waals surface area contributed by atoms with Gasteiger partial charge in [0.25, 0.3) is 0 Å². The van der Waals surface area contributed by atoms with Crippen LogP contribution in [0.15, 0.2) is 29.3 Å². The first-order chi connectivity index (χ1) is 10.5. The van der Waals surface area contributed by atoms with Gasteiger partial charge in [0.05, 0.1) is 0 Å². The maximum atomic E-state index is 12.0. The van der Waals surface area contributed by atoms with E-state index in [-0.39, 0.29) is 11.5 Å². The zero-order valence-corrected chi connectivity index (χ0v) is 14.6. The zero-order chi connectivity index (χ0) is 15.7. The summed E-state index contributed by atoms with van der Waals surface area (Å²) in [6.45, 7) is 7.88. The molecule has 1 amide bonds. The van der Waals surface area contributed by atoms with E-state index in [1.807, 2.05) is 24.0 Å². The van der Waals surface area contributed by atoms with Crippen LogP contribution < -0.4 is 4.74 Å². The van der Waals surface area contributed by atoms with Crippen LogP contribution in [-0.2, 0) is 4.79 Å². The molecule has 2 aliphatic rings. The minimum Gasteiger partial charge on any atom is -0.486 e. The van der Waals surface area contributed by atoms with Crippen LogP contribution in [-0.4, -0.2) is 29.5 Å². The van der Waals surface area contributed by atoms with Crippen molar-refractivity contribution in [3.63, 3.8) is 0 Å². The van der Waals surface area contributed by atoms with Crippen molar-refractivity contribution in [3.8, 4) is 5.75 Å². The van der Waals surface area contributed by atoms with Crippen LogP contribution in [0.5, 0.6) is 5.75 Å². The Labute approximate surface area is 140 Å². The highest BCUT2D eigenvalue weighted by molar-refractivity contribution is 9.10.